The second-order valence-corrected chi connectivity index (χ2v) is 4.70. The molecule has 0 bridgehead atoms. The number of piperidine rings is 1. The molecule has 0 aliphatic carbocycles. The van der Waals surface area contributed by atoms with E-state index in [1.165, 1.54) is 49.2 Å². The molecule has 16 heavy (non-hydrogen) atoms. The summed E-state index contributed by atoms with van der Waals surface area (Å²) < 4.78 is 0. The normalized spacial score (nSPS) is 16.5. The van der Waals surface area contributed by atoms with Crippen molar-refractivity contribution in [3.63, 3.8) is 0 Å². The Labute approximate surface area is 98.7 Å². The number of nitrogens with one attached hydrogen (secondary N) is 1. The van der Waals surface area contributed by atoms with Gasteiger partial charge < -0.3 is 10.2 Å². The molecule has 1 aliphatic rings. The third kappa shape index (κ3) is 2.56. The van der Waals surface area contributed by atoms with Crippen molar-refractivity contribution in [3.8, 4) is 0 Å². The first-order chi connectivity index (χ1) is 7.81. The zero-order chi connectivity index (χ0) is 11.4. The Kier molecular flexibility index (Phi) is 3.83. The van der Waals surface area contributed by atoms with Gasteiger partial charge in [-0.2, -0.15) is 0 Å². The second-order valence-electron chi connectivity index (χ2n) is 4.70. The average molecular weight is 218 g/mol. The Morgan fingerprint density at radius 1 is 1.19 bits per heavy atom. The van der Waals surface area contributed by atoms with Crippen molar-refractivity contribution >= 4 is 5.69 Å². The number of aryl methyl sites for hydroxylation is 1. The number of nitrogens with zero attached hydrogens (tertiary/aromatic N) is 1. The summed E-state index contributed by atoms with van der Waals surface area (Å²) >= 11 is 0. The van der Waals surface area contributed by atoms with E-state index in [0.29, 0.717) is 0 Å². The molecule has 1 heterocycles. The zero-order valence-corrected chi connectivity index (χ0v) is 10.4. The molecular formula is C14H22N2. The monoisotopic (exact) mass is 218 g/mol. The van der Waals surface area contributed by atoms with Crippen LogP contribution >= 0.6 is 0 Å². The Morgan fingerprint density at radius 3 is 2.56 bits per heavy atom. The Bertz CT molecular complexity index is 341. The Hall–Kier alpha value is -1.02. The van der Waals surface area contributed by atoms with E-state index >= 15 is 0 Å². The van der Waals surface area contributed by atoms with Crippen LogP contribution in [0.3, 0.4) is 0 Å². The first kappa shape index (κ1) is 11.5. The maximum atomic E-state index is 3.20. The van der Waals surface area contributed by atoms with Crippen LogP contribution < -0.4 is 10.2 Å². The maximum Gasteiger partial charge on any atom is 0.0396 e. The molecule has 2 nitrogen and oxygen atoms in total. The molecule has 0 unspecified atom stereocenters. The molecule has 0 radical (unpaired) electrons. The fourth-order valence-corrected chi connectivity index (χ4v) is 2.52. The van der Waals surface area contributed by atoms with Crippen molar-refractivity contribution in [1.29, 1.82) is 0 Å². The second kappa shape index (κ2) is 5.35. The molecule has 1 N–H and O–H groups in total. The van der Waals surface area contributed by atoms with E-state index in [9.17, 15) is 0 Å². The zero-order valence-electron chi connectivity index (χ0n) is 10.4. The summed E-state index contributed by atoms with van der Waals surface area (Å²) in [4.78, 5) is 2.53. The van der Waals surface area contributed by atoms with Gasteiger partial charge in [-0.1, -0.05) is 12.1 Å². The van der Waals surface area contributed by atoms with E-state index < -0.39 is 0 Å². The molecule has 1 fully saturated rings. The molecule has 88 valence electrons. The van der Waals surface area contributed by atoms with Crippen LogP contribution in [0, 0.1) is 6.92 Å². The van der Waals surface area contributed by atoms with Crippen LogP contribution in [0.15, 0.2) is 18.2 Å². The highest BCUT2D eigenvalue weighted by Crippen LogP contribution is 2.24. The van der Waals surface area contributed by atoms with E-state index in [1.54, 1.807) is 0 Å². The molecule has 0 amide bonds. The largest absolute Gasteiger partial charge is 0.371 e. The number of rotatable bonds is 3. The van der Waals surface area contributed by atoms with Gasteiger partial charge in [0, 0.05) is 25.3 Å². The maximum absolute atomic E-state index is 3.20. The van der Waals surface area contributed by atoms with Gasteiger partial charge in [-0.05, 0) is 50.4 Å². The fraction of sp³-hybridized carbons (Fsp3) is 0.571. The van der Waals surface area contributed by atoms with Gasteiger partial charge in [0.1, 0.15) is 0 Å². The van der Waals surface area contributed by atoms with Crippen LogP contribution in [0.25, 0.3) is 0 Å². The molecule has 0 atom stereocenters. The molecule has 1 aromatic carbocycles. The molecule has 0 spiro atoms. The lowest BCUT2D eigenvalue weighted by Crippen LogP contribution is -2.29. The van der Waals surface area contributed by atoms with Crippen LogP contribution in [-0.4, -0.2) is 20.1 Å². The van der Waals surface area contributed by atoms with E-state index in [4.69, 9.17) is 0 Å². The van der Waals surface area contributed by atoms with Crippen LogP contribution in [0.2, 0.25) is 0 Å². The van der Waals surface area contributed by atoms with Gasteiger partial charge in [0.2, 0.25) is 0 Å². The predicted molar refractivity (Wildman–Crippen MR) is 70.0 cm³/mol. The van der Waals surface area contributed by atoms with Gasteiger partial charge in [-0.15, -0.1) is 0 Å². The van der Waals surface area contributed by atoms with E-state index in [1.807, 2.05) is 7.05 Å². The Balaban J connectivity index is 2.14. The van der Waals surface area contributed by atoms with Gasteiger partial charge in [-0.3, -0.25) is 0 Å². The van der Waals surface area contributed by atoms with E-state index in [2.05, 4.69) is 35.3 Å². The van der Waals surface area contributed by atoms with Gasteiger partial charge in [0.25, 0.3) is 0 Å². The van der Waals surface area contributed by atoms with Crippen molar-refractivity contribution in [3.05, 3.63) is 29.3 Å². The minimum atomic E-state index is 0.959. The third-order valence-electron chi connectivity index (χ3n) is 3.34. The first-order valence-electron chi connectivity index (χ1n) is 6.30. The summed E-state index contributed by atoms with van der Waals surface area (Å²) in [7, 11) is 1.99. The molecule has 0 aromatic heterocycles. The average Bonchev–Trinajstić information content (AvgIpc) is 2.31. The van der Waals surface area contributed by atoms with Crippen molar-refractivity contribution in [2.24, 2.45) is 0 Å². The highest BCUT2D eigenvalue weighted by Gasteiger charge is 2.12. The SMILES string of the molecule is CNCc1ccc(N2CCCCC2)c(C)c1. The minimum absolute atomic E-state index is 0.959. The summed E-state index contributed by atoms with van der Waals surface area (Å²) in [5, 5.41) is 3.20. The van der Waals surface area contributed by atoms with Gasteiger partial charge in [0.05, 0.1) is 0 Å². The minimum Gasteiger partial charge on any atom is -0.371 e. The highest BCUT2D eigenvalue weighted by molar-refractivity contribution is 5.54. The van der Waals surface area contributed by atoms with Crippen LogP contribution in [0.4, 0.5) is 5.69 Å². The third-order valence-corrected chi connectivity index (χ3v) is 3.34. The molecule has 1 aromatic rings. The van der Waals surface area contributed by atoms with Crippen molar-refractivity contribution in [1.82, 2.24) is 5.32 Å². The lowest BCUT2D eigenvalue weighted by molar-refractivity contribution is 0.577. The molecule has 2 heteroatoms. The first-order valence-corrected chi connectivity index (χ1v) is 6.30. The van der Waals surface area contributed by atoms with Crippen LogP contribution in [0.5, 0.6) is 0 Å². The topological polar surface area (TPSA) is 15.3 Å². The molecule has 1 aliphatic heterocycles. The summed E-state index contributed by atoms with van der Waals surface area (Å²) in [6.07, 6.45) is 4.09. The van der Waals surface area contributed by atoms with Gasteiger partial charge in [-0.25, -0.2) is 0 Å². The number of anilines is 1. The number of benzene rings is 1. The highest BCUT2D eigenvalue weighted by atomic mass is 15.1. The summed E-state index contributed by atoms with van der Waals surface area (Å²) in [5.74, 6) is 0. The number of hydrogen-bond acceptors (Lipinski definition) is 2. The fourth-order valence-electron chi connectivity index (χ4n) is 2.52. The van der Waals surface area contributed by atoms with Crippen molar-refractivity contribution in [2.75, 3.05) is 25.0 Å². The molecule has 1 saturated heterocycles. The van der Waals surface area contributed by atoms with E-state index in [-0.39, 0.29) is 0 Å². The molecular weight excluding hydrogens is 196 g/mol. The lowest BCUT2D eigenvalue weighted by Gasteiger charge is -2.30. The Morgan fingerprint density at radius 2 is 1.94 bits per heavy atom. The summed E-state index contributed by atoms with van der Waals surface area (Å²) in [6, 6.07) is 6.83. The van der Waals surface area contributed by atoms with Gasteiger partial charge in [0.15, 0.2) is 0 Å². The van der Waals surface area contributed by atoms with E-state index in [0.717, 1.165) is 6.54 Å². The molecule has 0 saturated carbocycles. The van der Waals surface area contributed by atoms with Crippen molar-refractivity contribution < 1.29 is 0 Å². The quantitative estimate of drug-likeness (QED) is 0.839. The van der Waals surface area contributed by atoms with Crippen LogP contribution in [-0.2, 0) is 6.54 Å². The smallest absolute Gasteiger partial charge is 0.0396 e. The predicted octanol–water partition coefficient (Wildman–Crippen LogP) is 2.70. The number of hydrogen-bond donors (Lipinski definition) is 1. The summed E-state index contributed by atoms with van der Waals surface area (Å²) in [6.45, 7) is 5.64. The lowest BCUT2D eigenvalue weighted by atomic mass is 10.1. The van der Waals surface area contributed by atoms with Crippen LogP contribution in [0.1, 0.15) is 30.4 Å². The van der Waals surface area contributed by atoms with Gasteiger partial charge >= 0.3 is 0 Å². The van der Waals surface area contributed by atoms with Crippen molar-refractivity contribution in [2.45, 2.75) is 32.7 Å². The standard InChI is InChI=1S/C14H22N2/c1-12-10-13(11-15-2)6-7-14(12)16-8-4-3-5-9-16/h6-7,10,15H,3-5,8-9,11H2,1-2H3. The molecule has 2 rings (SSSR count). The summed E-state index contributed by atoms with van der Waals surface area (Å²) in [5.41, 5.74) is 4.22.